The molecule has 0 aromatic heterocycles. The van der Waals surface area contributed by atoms with Crippen molar-refractivity contribution in [2.45, 2.75) is 33.2 Å². The van der Waals surface area contributed by atoms with Gasteiger partial charge in [-0.15, -0.1) is 0 Å². The van der Waals surface area contributed by atoms with Crippen molar-refractivity contribution in [1.82, 2.24) is 9.80 Å². The molecule has 0 N–H and O–H groups in total. The molecule has 0 spiro atoms. The smallest absolute Gasteiger partial charge is 0.248 e. The monoisotopic (exact) mass is 426 g/mol. The summed E-state index contributed by atoms with van der Waals surface area (Å²) in [5.74, 6) is 0.615. The molecule has 1 heterocycles. The van der Waals surface area contributed by atoms with Crippen LogP contribution >= 0.6 is 0 Å². The molecule has 31 heavy (non-hydrogen) atoms. The Balaban J connectivity index is 1.81. The average Bonchev–Trinajstić information content (AvgIpc) is 3.09. The summed E-state index contributed by atoms with van der Waals surface area (Å²) in [6.45, 7) is 10.4. The lowest BCUT2D eigenvalue weighted by atomic mass is 9.88. The fraction of sp³-hybridized carbons (Fsp3) is 0.500. The Morgan fingerprint density at radius 3 is 2.65 bits per heavy atom. The maximum atomic E-state index is 14.0. The van der Waals surface area contributed by atoms with Crippen LogP contribution in [0.3, 0.4) is 0 Å². The second-order valence-electron chi connectivity index (χ2n) is 9.23. The van der Waals surface area contributed by atoms with Crippen molar-refractivity contribution in [2.24, 2.45) is 11.8 Å². The Morgan fingerprint density at radius 1 is 1.19 bits per heavy atom. The fourth-order valence-electron chi connectivity index (χ4n) is 4.68. The quantitative estimate of drug-likeness (QED) is 0.593. The maximum absolute atomic E-state index is 14.0. The molecule has 1 amide bonds. The minimum Gasteiger partial charge on any atom is -0.375 e. The Labute approximate surface area is 186 Å². The topological polar surface area (TPSA) is 32.8 Å². The number of ether oxygens (including phenoxy) is 1. The zero-order valence-corrected chi connectivity index (χ0v) is 19.2. The van der Waals surface area contributed by atoms with E-state index in [9.17, 15) is 9.18 Å². The first-order valence-corrected chi connectivity index (χ1v) is 11.2. The molecule has 0 bridgehead atoms. The van der Waals surface area contributed by atoms with E-state index in [0.717, 1.165) is 25.2 Å². The number of nitrogens with zero attached hydrogens (tertiary/aromatic N) is 2. The van der Waals surface area contributed by atoms with Gasteiger partial charge in [-0.2, -0.15) is 0 Å². The summed E-state index contributed by atoms with van der Waals surface area (Å²) in [4.78, 5) is 17.1. The lowest BCUT2D eigenvalue weighted by molar-refractivity contribution is -0.136. The Hall–Kier alpha value is -2.24. The predicted molar refractivity (Wildman–Crippen MR) is 122 cm³/mol. The number of hydrogen-bond acceptors (Lipinski definition) is 3. The molecule has 168 valence electrons. The van der Waals surface area contributed by atoms with Gasteiger partial charge in [-0.25, -0.2) is 4.39 Å². The van der Waals surface area contributed by atoms with Crippen molar-refractivity contribution in [3.05, 3.63) is 71.0 Å². The van der Waals surface area contributed by atoms with E-state index in [2.05, 4.69) is 49.9 Å². The highest BCUT2D eigenvalue weighted by atomic mass is 19.1. The maximum Gasteiger partial charge on any atom is 0.248 e. The molecule has 2 atom stereocenters. The van der Waals surface area contributed by atoms with E-state index in [0.29, 0.717) is 19.0 Å². The molecular formula is C26H35FN2O2. The van der Waals surface area contributed by atoms with Crippen LogP contribution in [0.2, 0.25) is 0 Å². The van der Waals surface area contributed by atoms with Crippen LogP contribution in [-0.4, -0.2) is 55.6 Å². The van der Waals surface area contributed by atoms with Gasteiger partial charge in [-0.05, 0) is 42.0 Å². The molecule has 1 aliphatic heterocycles. The molecule has 3 rings (SSSR count). The van der Waals surface area contributed by atoms with Gasteiger partial charge < -0.3 is 9.64 Å². The highest BCUT2D eigenvalue weighted by Crippen LogP contribution is 2.34. The first-order chi connectivity index (χ1) is 14.9. The number of hydrogen-bond donors (Lipinski definition) is 0. The second-order valence-corrected chi connectivity index (χ2v) is 9.23. The molecule has 2 aromatic carbocycles. The fourth-order valence-corrected chi connectivity index (χ4v) is 4.68. The molecule has 5 heteroatoms. The standard InChI is InChI=1S/C26H35FN2O2/c1-19(2)13-29(26(30)18-31-4)16-23-15-28(14-21-8-5-7-20(3)11-21)17-25(23)22-9-6-10-24(27)12-22/h5-12,19,23,25H,13-18H2,1-4H3. The number of likely N-dealkylation sites (tertiary alicyclic amines) is 1. The summed E-state index contributed by atoms with van der Waals surface area (Å²) in [7, 11) is 1.56. The van der Waals surface area contributed by atoms with Gasteiger partial charge in [0.05, 0.1) is 0 Å². The van der Waals surface area contributed by atoms with Crippen LogP contribution in [0.4, 0.5) is 4.39 Å². The van der Waals surface area contributed by atoms with Gasteiger partial charge in [0.15, 0.2) is 0 Å². The third-order valence-corrected chi connectivity index (χ3v) is 5.94. The van der Waals surface area contributed by atoms with Gasteiger partial charge in [0.2, 0.25) is 5.91 Å². The van der Waals surface area contributed by atoms with Crippen LogP contribution in [0.15, 0.2) is 48.5 Å². The lowest BCUT2D eigenvalue weighted by Gasteiger charge is -2.30. The van der Waals surface area contributed by atoms with Crippen LogP contribution in [-0.2, 0) is 16.1 Å². The summed E-state index contributed by atoms with van der Waals surface area (Å²) in [5.41, 5.74) is 3.55. The third kappa shape index (κ3) is 6.62. The molecule has 0 saturated carbocycles. The minimum atomic E-state index is -0.206. The number of methoxy groups -OCH3 is 1. The van der Waals surface area contributed by atoms with E-state index >= 15 is 0 Å². The molecule has 4 nitrogen and oxygen atoms in total. The molecule has 2 aromatic rings. The largest absolute Gasteiger partial charge is 0.375 e. The van der Waals surface area contributed by atoms with Crippen molar-refractivity contribution < 1.29 is 13.9 Å². The van der Waals surface area contributed by atoms with Gasteiger partial charge in [-0.1, -0.05) is 55.8 Å². The normalized spacial score (nSPS) is 19.2. The van der Waals surface area contributed by atoms with Crippen molar-refractivity contribution in [2.75, 3.05) is 39.9 Å². The summed E-state index contributed by atoms with van der Waals surface area (Å²) < 4.78 is 19.1. The van der Waals surface area contributed by atoms with E-state index < -0.39 is 0 Å². The second kappa shape index (κ2) is 10.9. The van der Waals surface area contributed by atoms with E-state index in [4.69, 9.17) is 4.74 Å². The van der Waals surface area contributed by atoms with Crippen molar-refractivity contribution in [1.29, 1.82) is 0 Å². The van der Waals surface area contributed by atoms with Crippen molar-refractivity contribution >= 4 is 5.91 Å². The Kier molecular flexibility index (Phi) is 8.22. The van der Waals surface area contributed by atoms with Crippen LogP contribution in [0.25, 0.3) is 0 Å². The van der Waals surface area contributed by atoms with Gasteiger partial charge in [0.1, 0.15) is 12.4 Å². The van der Waals surface area contributed by atoms with Crippen LogP contribution in [0.1, 0.15) is 36.5 Å². The zero-order valence-electron chi connectivity index (χ0n) is 19.2. The van der Waals surface area contributed by atoms with E-state index in [-0.39, 0.29) is 30.2 Å². The number of carbonyl (C=O) groups is 1. The lowest BCUT2D eigenvalue weighted by Crippen LogP contribution is -2.41. The molecule has 1 fully saturated rings. The summed E-state index contributed by atoms with van der Waals surface area (Å²) in [5, 5.41) is 0. The number of carbonyl (C=O) groups excluding carboxylic acids is 1. The Bertz CT molecular complexity index is 870. The Morgan fingerprint density at radius 2 is 1.97 bits per heavy atom. The van der Waals surface area contributed by atoms with Crippen LogP contribution < -0.4 is 0 Å². The number of amides is 1. The molecular weight excluding hydrogens is 391 g/mol. The van der Waals surface area contributed by atoms with Gasteiger partial charge in [-0.3, -0.25) is 9.69 Å². The summed E-state index contributed by atoms with van der Waals surface area (Å²) in [6.07, 6.45) is 0. The summed E-state index contributed by atoms with van der Waals surface area (Å²) in [6, 6.07) is 15.5. The molecule has 2 unspecified atom stereocenters. The third-order valence-electron chi connectivity index (χ3n) is 5.94. The average molecular weight is 427 g/mol. The first kappa shape index (κ1) is 23.4. The highest BCUT2D eigenvalue weighted by molar-refractivity contribution is 5.77. The number of aryl methyl sites for hydroxylation is 1. The number of halogens is 1. The number of rotatable bonds is 9. The van der Waals surface area contributed by atoms with E-state index in [1.807, 2.05) is 11.0 Å². The predicted octanol–water partition coefficient (Wildman–Crippen LogP) is 4.48. The first-order valence-electron chi connectivity index (χ1n) is 11.2. The van der Waals surface area contributed by atoms with Gasteiger partial charge in [0, 0.05) is 45.8 Å². The van der Waals surface area contributed by atoms with E-state index in [1.54, 1.807) is 19.2 Å². The van der Waals surface area contributed by atoms with Crippen LogP contribution in [0.5, 0.6) is 0 Å². The SMILES string of the molecule is COCC(=O)N(CC(C)C)CC1CN(Cc2cccc(C)c2)CC1c1cccc(F)c1. The number of benzene rings is 2. The van der Waals surface area contributed by atoms with Crippen molar-refractivity contribution in [3.8, 4) is 0 Å². The highest BCUT2D eigenvalue weighted by Gasteiger charge is 2.36. The minimum absolute atomic E-state index is 0.0197. The zero-order chi connectivity index (χ0) is 22.4. The molecule has 0 aliphatic carbocycles. The molecule has 1 saturated heterocycles. The van der Waals surface area contributed by atoms with Gasteiger partial charge >= 0.3 is 0 Å². The molecule has 0 radical (unpaired) electrons. The van der Waals surface area contributed by atoms with Crippen LogP contribution in [0, 0.1) is 24.6 Å². The van der Waals surface area contributed by atoms with Gasteiger partial charge in [0.25, 0.3) is 0 Å². The van der Waals surface area contributed by atoms with Crippen molar-refractivity contribution in [3.63, 3.8) is 0 Å². The molecule has 1 aliphatic rings. The van der Waals surface area contributed by atoms with E-state index in [1.165, 1.54) is 17.2 Å². The summed E-state index contributed by atoms with van der Waals surface area (Å²) >= 11 is 0.